The Bertz CT molecular complexity index is 809. The molecular weight excluding hydrogens is 286 g/mol. The lowest BCUT2D eigenvalue weighted by Gasteiger charge is -2.10. The number of hydrogen-bond donors (Lipinski definition) is 0. The smallest absolute Gasteiger partial charge is 0.262 e. The van der Waals surface area contributed by atoms with Crippen LogP contribution in [0.3, 0.4) is 0 Å². The van der Waals surface area contributed by atoms with Gasteiger partial charge in [-0.15, -0.1) is 0 Å². The van der Waals surface area contributed by atoms with E-state index in [0.717, 1.165) is 12.1 Å². The number of nitrogens with zero attached hydrogens (tertiary/aromatic N) is 3. The monoisotopic (exact) mass is 293 g/mol. The van der Waals surface area contributed by atoms with E-state index < -0.39 is 17.6 Å². The average molecular weight is 293 g/mol. The molecule has 106 valence electrons. The fraction of sp³-hybridized carbons (Fsp3) is 0.0714. The largest absolute Gasteiger partial charge is 0.416 e. The number of hydrogen-bond acceptors (Lipinski definition) is 3. The number of alkyl halides is 3. The van der Waals surface area contributed by atoms with Crippen LogP contribution in [0.15, 0.2) is 43.0 Å². The summed E-state index contributed by atoms with van der Waals surface area (Å²) in [6.45, 7) is 0. The van der Waals surface area contributed by atoms with E-state index in [1.54, 1.807) is 0 Å². The van der Waals surface area contributed by atoms with Gasteiger partial charge in [-0.3, -0.25) is 15.0 Å². The fourth-order valence-corrected chi connectivity index (χ4v) is 2.00. The van der Waals surface area contributed by atoms with E-state index in [9.17, 15) is 17.6 Å². The van der Waals surface area contributed by atoms with Gasteiger partial charge in [0.2, 0.25) is 0 Å². The van der Waals surface area contributed by atoms with Gasteiger partial charge in [-0.05, 0) is 12.1 Å². The number of halogens is 4. The Labute approximate surface area is 116 Å². The maximum Gasteiger partial charge on any atom is 0.416 e. The summed E-state index contributed by atoms with van der Waals surface area (Å²) in [7, 11) is 0. The van der Waals surface area contributed by atoms with Gasteiger partial charge in [-0.1, -0.05) is 6.07 Å². The van der Waals surface area contributed by atoms with Gasteiger partial charge in [0.1, 0.15) is 11.3 Å². The first-order valence-corrected chi connectivity index (χ1v) is 5.88. The maximum absolute atomic E-state index is 14.0. The zero-order chi connectivity index (χ0) is 15.0. The Morgan fingerprint density at radius 1 is 0.905 bits per heavy atom. The van der Waals surface area contributed by atoms with Gasteiger partial charge in [0.25, 0.3) is 0 Å². The highest BCUT2D eigenvalue weighted by atomic mass is 19.4. The molecule has 0 bridgehead atoms. The predicted molar refractivity (Wildman–Crippen MR) is 67.7 cm³/mol. The first-order chi connectivity index (χ1) is 9.97. The van der Waals surface area contributed by atoms with Crippen LogP contribution in [0.25, 0.3) is 22.2 Å². The minimum atomic E-state index is -4.59. The van der Waals surface area contributed by atoms with Crippen molar-refractivity contribution < 1.29 is 17.6 Å². The molecule has 0 N–H and O–H groups in total. The molecule has 0 aliphatic heterocycles. The molecular formula is C14H7F4N3. The molecule has 1 aromatic carbocycles. The summed E-state index contributed by atoms with van der Waals surface area (Å²) in [6, 6.07) is 2.36. The van der Waals surface area contributed by atoms with Crippen molar-refractivity contribution in [3.63, 3.8) is 0 Å². The van der Waals surface area contributed by atoms with Crippen LogP contribution in [0.5, 0.6) is 0 Å². The number of benzene rings is 1. The molecule has 0 radical (unpaired) electrons. The van der Waals surface area contributed by atoms with Gasteiger partial charge in [0, 0.05) is 29.7 Å². The van der Waals surface area contributed by atoms with E-state index in [1.165, 1.54) is 24.8 Å². The minimum absolute atomic E-state index is 0.00148. The maximum atomic E-state index is 14.0. The van der Waals surface area contributed by atoms with E-state index in [2.05, 4.69) is 15.0 Å². The third-order valence-corrected chi connectivity index (χ3v) is 2.97. The molecule has 0 saturated heterocycles. The average Bonchev–Trinajstić information content (AvgIpc) is 2.46. The number of pyridine rings is 1. The second kappa shape index (κ2) is 4.76. The number of fused-ring (bicyclic) bond motifs is 1. The molecule has 0 atom stereocenters. The van der Waals surface area contributed by atoms with Crippen LogP contribution in [0.4, 0.5) is 17.6 Å². The Kier molecular flexibility index (Phi) is 3.04. The first-order valence-electron chi connectivity index (χ1n) is 5.88. The summed E-state index contributed by atoms with van der Waals surface area (Å²) in [5.74, 6) is -0.982. The van der Waals surface area contributed by atoms with Gasteiger partial charge in [-0.2, -0.15) is 13.2 Å². The summed E-state index contributed by atoms with van der Waals surface area (Å²) in [4.78, 5) is 12.0. The lowest BCUT2D eigenvalue weighted by atomic mass is 10.0. The fourth-order valence-electron chi connectivity index (χ4n) is 2.00. The molecule has 2 aromatic heterocycles. The molecule has 2 heterocycles. The van der Waals surface area contributed by atoms with Crippen molar-refractivity contribution in [2.75, 3.05) is 0 Å². The zero-order valence-corrected chi connectivity index (χ0v) is 10.4. The second-order valence-corrected chi connectivity index (χ2v) is 4.30. The zero-order valence-electron chi connectivity index (χ0n) is 10.4. The molecule has 0 amide bonds. The van der Waals surface area contributed by atoms with Crippen LogP contribution in [-0.4, -0.2) is 15.0 Å². The lowest BCUT2D eigenvalue weighted by Crippen LogP contribution is -2.05. The predicted octanol–water partition coefficient (Wildman–Crippen LogP) is 3.85. The Hall–Kier alpha value is -2.57. The van der Waals surface area contributed by atoms with Gasteiger partial charge in [0.05, 0.1) is 17.3 Å². The van der Waals surface area contributed by atoms with Crippen LogP contribution in [-0.2, 0) is 6.18 Å². The Balaban J connectivity index is 2.20. The van der Waals surface area contributed by atoms with E-state index in [1.807, 2.05) is 0 Å². The molecule has 0 aliphatic rings. The SMILES string of the molecule is Fc1cc(C(F)(F)F)ccc1-c1cncc2nccnc12. The minimum Gasteiger partial charge on any atom is -0.262 e. The Morgan fingerprint density at radius 3 is 2.38 bits per heavy atom. The molecule has 3 rings (SSSR count). The van der Waals surface area contributed by atoms with Gasteiger partial charge in [-0.25, -0.2) is 4.39 Å². The summed E-state index contributed by atoms with van der Waals surface area (Å²) in [5, 5.41) is 0. The third-order valence-electron chi connectivity index (χ3n) is 2.97. The van der Waals surface area contributed by atoms with Crippen molar-refractivity contribution in [3.05, 3.63) is 54.4 Å². The Morgan fingerprint density at radius 2 is 1.67 bits per heavy atom. The van der Waals surface area contributed by atoms with E-state index in [-0.39, 0.29) is 5.56 Å². The van der Waals surface area contributed by atoms with Crippen molar-refractivity contribution in [1.29, 1.82) is 0 Å². The topological polar surface area (TPSA) is 38.7 Å². The number of aromatic nitrogens is 3. The highest BCUT2D eigenvalue weighted by Gasteiger charge is 2.31. The standard InChI is InChI=1S/C14H7F4N3/c15-11-5-8(14(16,17)18)1-2-9(11)10-6-19-7-12-13(10)21-4-3-20-12/h1-7H. The highest BCUT2D eigenvalue weighted by molar-refractivity contribution is 5.90. The molecule has 3 nitrogen and oxygen atoms in total. The molecule has 0 fully saturated rings. The van der Waals surface area contributed by atoms with Gasteiger partial charge >= 0.3 is 6.18 Å². The lowest BCUT2D eigenvalue weighted by molar-refractivity contribution is -0.137. The van der Waals surface area contributed by atoms with Crippen molar-refractivity contribution in [1.82, 2.24) is 15.0 Å². The molecule has 0 saturated carbocycles. The molecule has 0 unspecified atom stereocenters. The molecule has 0 spiro atoms. The van der Waals surface area contributed by atoms with Crippen molar-refractivity contribution in [3.8, 4) is 11.1 Å². The molecule has 21 heavy (non-hydrogen) atoms. The van der Waals surface area contributed by atoms with Crippen molar-refractivity contribution in [2.24, 2.45) is 0 Å². The van der Waals surface area contributed by atoms with Crippen LogP contribution < -0.4 is 0 Å². The summed E-state index contributed by atoms with van der Waals surface area (Å²) in [6.07, 6.45) is 1.09. The van der Waals surface area contributed by atoms with Crippen molar-refractivity contribution in [2.45, 2.75) is 6.18 Å². The quantitative estimate of drug-likeness (QED) is 0.640. The molecule has 0 aliphatic carbocycles. The van der Waals surface area contributed by atoms with Crippen LogP contribution in [0.2, 0.25) is 0 Å². The molecule has 7 heteroatoms. The van der Waals surface area contributed by atoms with Crippen molar-refractivity contribution >= 4 is 11.0 Å². The van der Waals surface area contributed by atoms with Gasteiger partial charge in [0.15, 0.2) is 0 Å². The van der Waals surface area contributed by atoms with E-state index >= 15 is 0 Å². The molecule has 3 aromatic rings. The third kappa shape index (κ3) is 2.42. The van der Waals surface area contributed by atoms with Gasteiger partial charge < -0.3 is 0 Å². The first kappa shape index (κ1) is 13.4. The van der Waals surface area contributed by atoms with Crippen LogP contribution >= 0.6 is 0 Å². The van der Waals surface area contributed by atoms with E-state index in [0.29, 0.717) is 22.7 Å². The normalized spacial score (nSPS) is 11.8. The highest BCUT2D eigenvalue weighted by Crippen LogP contribution is 2.33. The summed E-state index contributed by atoms with van der Waals surface area (Å²) in [5.41, 5.74) is 0.0805. The summed E-state index contributed by atoms with van der Waals surface area (Å²) < 4.78 is 51.7. The summed E-state index contributed by atoms with van der Waals surface area (Å²) >= 11 is 0. The number of rotatable bonds is 1. The van der Waals surface area contributed by atoms with E-state index in [4.69, 9.17) is 0 Å². The van der Waals surface area contributed by atoms with Crippen LogP contribution in [0, 0.1) is 5.82 Å². The second-order valence-electron chi connectivity index (χ2n) is 4.30. The van der Waals surface area contributed by atoms with Crippen LogP contribution in [0.1, 0.15) is 5.56 Å².